The van der Waals surface area contributed by atoms with Crippen LogP contribution in [-0.4, -0.2) is 79.1 Å². The van der Waals surface area contributed by atoms with Crippen molar-refractivity contribution in [3.05, 3.63) is 23.3 Å². The fraction of sp³-hybridized carbons (Fsp3) is 0.714. The summed E-state index contributed by atoms with van der Waals surface area (Å²) in [5.74, 6) is 0.395. The topological polar surface area (TPSA) is 51.7 Å². The van der Waals surface area contributed by atoms with E-state index < -0.39 is 0 Å². The summed E-state index contributed by atoms with van der Waals surface area (Å²) in [4.78, 5) is 25.4. The highest BCUT2D eigenvalue weighted by Crippen LogP contribution is 2.33. The Morgan fingerprint density at radius 2 is 1.74 bits per heavy atom. The average molecular weight is 498 g/mol. The van der Waals surface area contributed by atoms with Crippen LogP contribution in [0.25, 0.3) is 10.2 Å². The molecule has 0 unspecified atom stereocenters. The molecule has 1 saturated carbocycles. The minimum absolute atomic E-state index is 0.142. The van der Waals surface area contributed by atoms with Crippen molar-refractivity contribution in [1.82, 2.24) is 20.1 Å². The number of rotatable bonds is 7. The monoisotopic (exact) mass is 497 g/mol. The Hall–Kier alpha value is -1.70. The van der Waals surface area contributed by atoms with Crippen molar-refractivity contribution >= 4 is 32.6 Å². The summed E-state index contributed by atoms with van der Waals surface area (Å²) in [6.45, 7) is 12.9. The maximum atomic E-state index is 12.8. The number of aryl methyl sites for hydroxylation is 2. The van der Waals surface area contributed by atoms with Gasteiger partial charge in [0.25, 0.3) is 0 Å². The van der Waals surface area contributed by atoms with Gasteiger partial charge in [-0.3, -0.25) is 9.69 Å². The number of benzene rings is 1. The third kappa shape index (κ3) is 6.17. The van der Waals surface area contributed by atoms with Gasteiger partial charge in [-0.1, -0.05) is 36.7 Å². The summed E-state index contributed by atoms with van der Waals surface area (Å²) >= 11 is 1.79. The van der Waals surface area contributed by atoms with Crippen molar-refractivity contribution in [1.29, 1.82) is 0 Å². The molecule has 0 atom stereocenters. The minimum Gasteiger partial charge on any atom is -0.356 e. The quantitative estimate of drug-likeness (QED) is 0.567. The number of hydrogen-bond donors (Lipinski definition) is 1. The van der Waals surface area contributed by atoms with Crippen LogP contribution in [0.5, 0.6) is 0 Å². The molecule has 0 spiro atoms. The maximum Gasteiger partial charge on any atom is 0.223 e. The molecule has 3 aliphatic rings. The van der Waals surface area contributed by atoms with Crippen LogP contribution in [0.4, 0.5) is 5.13 Å². The molecule has 0 bridgehead atoms. The molecule has 1 aliphatic carbocycles. The van der Waals surface area contributed by atoms with E-state index in [1.54, 1.807) is 11.3 Å². The highest BCUT2D eigenvalue weighted by atomic mass is 32.1. The molecule has 1 amide bonds. The highest BCUT2D eigenvalue weighted by molar-refractivity contribution is 7.22. The van der Waals surface area contributed by atoms with Crippen molar-refractivity contribution < 1.29 is 4.79 Å². The van der Waals surface area contributed by atoms with Gasteiger partial charge in [-0.25, -0.2) is 4.98 Å². The van der Waals surface area contributed by atoms with Crippen LogP contribution < -0.4 is 10.2 Å². The van der Waals surface area contributed by atoms with E-state index in [1.807, 2.05) is 0 Å². The summed E-state index contributed by atoms with van der Waals surface area (Å²) in [7, 11) is 0. The molecule has 1 aromatic carbocycles. The van der Waals surface area contributed by atoms with Crippen LogP contribution >= 0.6 is 11.3 Å². The van der Waals surface area contributed by atoms with Gasteiger partial charge in [0.15, 0.2) is 5.13 Å². The van der Waals surface area contributed by atoms with Crippen LogP contribution in [0.15, 0.2) is 12.1 Å². The molecule has 192 valence electrons. The number of nitrogens with zero attached hydrogens (tertiary/aromatic N) is 4. The number of aromatic nitrogens is 1. The average Bonchev–Trinajstić information content (AvgIpc) is 3.32. The fourth-order valence-corrected chi connectivity index (χ4v) is 7.48. The second-order valence-corrected chi connectivity index (χ2v) is 12.0. The Morgan fingerprint density at radius 1 is 1.00 bits per heavy atom. The van der Waals surface area contributed by atoms with Gasteiger partial charge in [-0.05, 0) is 69.7 Å². The molecule has 2 aliphatic heterocycles. The number of carbonyl (C=O) groups excluding carboxylic acids is 1. The number of piperazine rings is 1. The third-order valence-corrected chi connectivity index (χ3v) is 9.47. The van der Waals surface area contributed by atoms with Crippen LogP contribution in [0, 0.1) is 19.8 Å². The van der Waals surface area contributed by atoms with E-state index in [9.17, 15) is 4.79 Å². The number of piperidine rings is 1. The van der Waals surface area contributed by atoms with Crippen LogP contribution in [0.3, 0.4) is 0 Å². The zero-order chi connectivity index (χ0) is 24.2. The summed E-state index contributed by atoms with van der Waals surface area (Å²) in [6, 6.07) is 5.29. The molecule has 1 N–H and O–H groups in total. The SMILES string of the molecule is Cc1cc(C)c2nc(N3CCC(C(=O)NCCCN4CCN(C5CCCCC5)CC4)CC3)sc2c1. The first kappa shape index (κ1) is 25.0. The number of nitrogens with one attached hydrogen (secondary N) is 1. The van der Waals surface area contributed by atoms with Crippen molar-refractivity contribution in [2.75, 3.05) is 57.3 Å². The summed E-state index contributed by atoms with van der Waals surface area (Å²) in [5, 5.41) is 4.34. The van der Waals surface area contributed by atoms with E-state index >= 15 is 0 Å². The van der Waals surface area contributed by atoms with Crippen LogP contribution in [-0.2, 0) is 4.79 Å². The Bertz CT molecular complexity index is 985. The fourth-order valence-electron chi connectivity index (χ4n) is 6.28. The molecule has 3 fully saturated rings. The highest BCUT2D eigenvalue weighted by Gasteiger charge is 2.27. The number of hydrogen-bond acceptors (Lipinski definition) is 6. The van der Waals surface area contributed by atoms with E-state index in [0.717, 1.165) is 62.1 Å². The molecule has 5 rings (SSSR count). The van der Waals surface area contributed by atoms with Gasteiger partial charge in [0.05, 0.1) is 10.2 Å². The van der Waals surface area contributed by atoms with Crippen molar-refractivity contribution in [2.24, 2.45) is 5.92 Å². The largest absolute Gasteiger partial charge is 0.356 e. The zero-order valence-electron chi connectivity index (χ0n) is 21.7. The lowest BCUT2D eigenvalue weighted by Crippen LogP contribution is -2.51. The van der Waals surface area contributed by atoms with E-state index in [-0.39, 0.29) is 11.8 Å². The molecular formula is C28H43N5OS. The third-order valence-electron chi connectivity index (χ3n) is 8.40. The summed E-state index contributed by atoms with van der Waals surface area (Å²) < 4.78 is 1.27. The van der Waals surface area contributed by atoms with Gasteiger partial charge in [0.2, 0.25) is 5.91 Å². The molecule has 1 aromatic heterocycles. The first-order valence-electron chi connectivity index (χ1n) is 13.9. The summed E-state index contributed by atoms with van der Waals surface area (Å²) in [5.41, 5.74) is 3.68. The predicted octanol–water partition coefficient (Wildman–Crippen LogP) is 4.59. The van der Waals surface area contributed by atoms with Crippen LogP contribution in [0.2, 0.25) is 0 Å². The number of carbonyl (C=O) groups is 1. The Balaban J connectivity index is 0.991. The first-order valence-corrected chi connectivity index (χ1v) is 14.8. The lowest BCUT2D eigenvalue weighted by atomic mass is 9.94. The Labute approximate surface area is 215 Å². The molecule has 3 heterocycles. The van der Waals surface area contributed by atoms with Gasteiger partial charge in [-0.15, -0.1) is 0 Å². The second kappa shape index (κ2) is 11.6. The predicted molar refractivity (Wildman–Crippen MR) is 147 cm³/mol. The van der Waals surface area contributed by atoms with Gasteiger partial charge in [0.1, 0.15) is 0 Å². The van der Waals surface area contributed by atoms with E-state index in [2.05, 4.69) is 46.0 Å². The normalized spacial score (nSPS) is 21.6. The zero-order valence-corrected chi connectivity index (χ0v) is 22.5. The molecular weight excluding hydrogens is 454 g/mol. The molecule has 7 heteroatoms. The summed E-state index contributed by atoms with van der Waals surface area (Å²) in [6.07, 6.45) is 9.99. The van der Waals surface area contributed by atoms with E-state index in [0.29, 0.717) is 0 Å². The lowest BCUT2D eigenvalue weighted by Gasteiger charge is -2.40. The number of thiazole rings is 1. The molecule has 6 nitrogen and oxygen atoms in total. The smallest absolute Gasteiger partial charge is 0.223 e. The van der Waals surface area contributed by atoms with Crippen molar-refractivity contribution in [3.8, 4) is 0 Å². The van der Waals surface area contributed by atoms with Gasteiger partial charge in [-0.2, -0.15) is 0 Å². The standard InChI is InChI=1S/C28H43N5OS/c1-21-19-22(2)26-25(20-21)35-28(30-26)33-13-9-23(10-14-33)27(34)29-11-6-12-31-15-17-32(18-16-31)24-7-4-3-5-8-24/h19-20,23-24H,3-18H2,1-2H3,(H,29,34). The van der Waals surface area contributed by atoms with Gasteiger partial charge >= 0.3 is 0 Å². The molecule has 0 radical (unpaired) electrons. The molecule has 2 saturated heterocycles. The van der Waals surface area contributed by atoms with Gasteiger partial charge < -0.3 is 15.1 Å². The number of anilines is 1. The first-order chi connectivity index (χ1) is 17.1. The minimum atomic E-state index is 0.142. The number of amides is 1. The van der Waals surface area contributed by atoms with Crippen LogP contribution in [0.1, 0.15) is 62.5 Å². The lowest BCUT2D eigenvalue weighted by molar-refractivity contribution is -0.125. The molecule has 35 heavy (non-hydrogen) atoms. The maximum absolute atomic E-state index is 12.8. The Kier molecular flexibility index (Phi) is 8.25. The van der Waals surface area contributed by atoms with E-state index in [1.165, 1.54) is 74.1 Å². The second-order valence-electron chi connectivity index (χ2n) is 11.0. The van der Waals surface area contributed by atoms with E-state index in [4.69, 9.17) is 4.98 Å². The Morgan fingerprint density at radius 3 is 2.49 bits per heavy atom. The number of fused-ring (bicyclic) bond motifs is 1. The van der Waals surface area contributed by atoms with Crippen molar-refractivity contribution in [2.45, 2.75) is 71.3 Å². The molecule has 2 aromatic rings. The van der Waals surface area contributed by atoms with Gasteiger partial charge in [0, 0.05) is 57.8 Å². The van der Waals surface area contributed by atoms with Crippen molar-refractivity contribution in [3.63, 3.8) is 0 Å².